The molecule has 0 radical (unpaired) electrons. The van der Waals surface area contributed by atoms with E-state index in [0.29, 0.717) is 16.8 Å². The second-order valence-electron chi connectivity index (χ2n) is 6.44. The molecule has 9 heteroatoms. The summed E-state index contributed by atoms with van der Waals surface area (Å²) in [6.07, 6.45) is 1.77. The van der Waals surface area contributed by atoms with E-state index in [4.69, 9.17) is 0 Å². The van der Waals surface area contributed by atoms with Gasteiger partial charge < -0.3 is 5.32 Å². The van der Waals surface area contributed by atoms with E-state index in [1.165, 1.54) is 23.1 Å². The first-order chi connectivity index (χ1) is 15.1. The summed E-state index contributed by atoms with van der Waals surface area (Å²) in [5.41, 5.74) is 2.81. The highest BCUT2D eigenvalue weighted by Crippen LogP contribution is 2.26. The van der Waals surface area contributed by atoms with E-state index in [0.717, 1.165) is 27.1 Å². The lowest BCUT2D eigenvalue weighted by Crippen LogP contribution is -2.14. The Balaban J connectivity index is 1.40. The Hall–Kier alpha value is -2.75. The van der Waals surface area contributed by atoms with Crippen molar-refractivity contribution >= 4 is 50.1 Å². The van der Waals surface area contributed by atoms with E-state index in [1.807, 2.05) is 60.0 Å². The summed E-state index contributed by atoms with van der Waals surface area (Å²) in [5.74, 6) is 0.782. The molecule has 0 atom stereocenters. The van der Waals surface area contributed by atoms with Gasteiger partial charge in [-0.15, -0.1) is 23.0 Å². The monoisotopic (exact) mass is 511 g/mol. The molecule has 0 spiro atoms. The number of nitrogens with one attached hydrogen (secondary N) is 1. The summed E-state index contributed by atoms with van der Waals surface area (Å²) in [7, 11) is 0. The van der Waals surface area contributed by atoms with E-state index in [2.05, 4.69) is 42.9 Å². The van der Waals surface area contributed by atoms with E-state index in [-0.39, 0.29) is 11.7 Å². The van der Waals surface area contributed by atoms with Crippen LogP contribution in [-0.2, 0) is 11.3 Å². The molecular formula is C22H18BrN5OS2. The van der Waals surface area contributed by atoms with Crippen LogP contribution in [0, 0.1) is 0 Å². The fraction of sp³-hybridized carbons (Fsp3) is 0.0909. The quantitative estimate of drug-likeness (QED) is 0.241. The van der Waals surface area contributed by atoms with Gasteiger partial charge in [0.25, 0.3) is 0 Å². The van der Waals surface area contributed by atoms with Crippen molar-refractivity contribution in [3.05, 3.63) is 77.1 Å². The van der Waals surface area contributed by atoms with Gasteiger partial charge in [-0.2, -0.15) is 0 Å². The molecule has 2 aromatic heterocycles. The maximum atomic E-state index is 12.4. The normalized spacial score (nSPS) is 10.7. The third-order valence-corrected chi connectivity index (χ3v) is 6.33. The van der Waals surface area contributed by atoms with Crippen molar-refractivity contribution in [3.63, 3.8) is 0 Å². The predicted molar refractivity (Wildman–Crippen MR) is 130 cm³/mol. The molecule has 0 saturated heterocycles. The summed E-state index contributed by atoms with van der Waals surface area (Å²) in [5, 5.41) is 10.4. The number of thiazole rings is 1. The van der Waals surface area contributed by atoms with Gasteiger partial charge in [0, 0.05) is 21.0 Å². The third kappa shape index (κ3) is 5.49. The Labute approximate surface area is 196 Å². The molecule has 1 amide bonds. The minimum atomic E-state index is -0.149. The number of amides is 1. The van der Waals surface area contributed by atoms with Crippen LogP contribution in [0.4, 0.5) is 5.13 Å². The standard InChI is InChI=1S/C22H18BrN5OS2/c1-2-12-28-20(16-8-10-17(23)11-9-16)26-22(27-28)31-14-19(29)25-21-24-18(13-30-21)15-6-4-3-5-7-15/h2-11,13H,1,12,14H2,(H,24,25,29). The average molecular weight is 512 g/mol. The van der Waals surface area contributed by atoms with Gasteiger partial charge in [-0.05, 0) is 12.1 Å². The lowest BCUT2D eigenvalue weighted by molar-refractivity contribution is -0.113. The molecule has 31 heavy (non-hydrogen) atoms. The molecule has 0 aliphatic rings. The molecule has 2 heterocycles. The molecule has 1 N–H and O–H groups in total. The molecule has 0 aliphatic carbocycles. The molecule has 0 unspecified atom stereocenters. The summed E-state index contributed by atoms with van der Waals surface area (Å²) in [6.45, 7) is 4.32. The second-order valence-corrected chi connectivity index (χ2v) is 9.15. The highest BCUT2D eigenvalue weighted by molar-refractivity contribution is 9.10. The van der Waals surface area contributed by atoms with Crippen LogP contribution in [0.2, 0.25) is 0 Å². The SMILES string of the molecule is C=CCn1nc(SCC(=O)Nc2nc(-c3ccccc3)cs2)nc1-c1ccc(Br)cc1. The Bertz CT molecular complexity index is 1190. The van der Waals surface area contributed by atoms with Crippen molar-refractivity contribution in [1.82, 2.24) is 19.7 Å². The van der Waals surface area contributed by atoms with Gasteiger partial charge in [-0.1, -0.05) is 76.2 Å². The molecule has 4 rings (SSSR count). The number of thioether (sulfide) groups is 1. The number of benzene rings is 2. The maximum absolute atomic E-state index is 12.4. The first kappa shape index (κ1) is 21.5. The fourth-order valence-corrected chi connectivity index (χ4v) is 4.44. The molecule has 0 saturated carbocycles. The summed E-state index contributed by atoms with van der Waals surface area (Å²) in [6, 6.07) is 17.7. The van der Waals surface area contributed by atoms with Crippen molar-refractivity contribution in [2.24, 2.45) is 0 Å². The Morgan fingerprint density at radius 2 is 1.90 bits per heavy atom. The largest absolute Gasteiger partial charge is 0.301 e. The maximum Gasteiger partial charge on any atom is 0.236 e. The molecular weight excluding hydrogens is 494 g/mol. The number of carbonyl (C=O) groups excluding carboxylic acids is 1. The molecule has 0 bridgehead atoms. The zero-order valence-electron chi connectivity index (χ0n) is 16.4. The van der Waals surface area contributed by atoms with Crippen LogP contribution < -0.4 is 5.32 Å². The number of allylic oxidation sites excluding steroid dienone is 1. The number of anilines is 1. The summed E-state index contributed by atoms with van der Waals surface area (Å²) >= 11 is 6.13. The zero-order valence-corrected chi connectivity index (χ0v) is 19.6. The summed E-state index contributed by atoms with van der Waals surface area (Å²) < 4.78 is 2.78. The first-order valence-electron chi connectivity index (χ1n) is 9.37. The third-order valence-electron chi connectivity index (χ3n) is 4.21. The van der Waals surface area contributed by atoms with Crippen LogP contribution in [0.3, 0.4) is 0 Å². The first-order valence-corrected chi connectivity index (χ1v) is 12.0. The van der Waals surface area contributed by atoms with Gasteiger partial charge in [-0.3, -0.25) is 4.79 Å². The van der Waals surface area contributed by atoms with Crippen LogP contribution in [0.15, 0.2) is 82.3 Å². The van der Waals surface area contributed by atoms with Gasteiger partial charge >= 0.3 is 0 Å². The fourth-order valence-electron chi connectivity index (χ4n) is 2.80. The number of nitrogens with zero attached hydrogens (tertiary/aromatic N) is 4. The smallest absolute Gasteiger partial charge is 0.236 e. The highest BCUT2D eigenvalue weighted by Gasteiger charge is 2.14. The Morgan fingerprint density at radius 3 is 2.65 bits per heavy atom. The van der Waals surface area contributed by atoms with E-state index < -0.39 is 0 Å². The van der Waals surface area contributed by atoms with Gasteiger partial charge in [0.2, 0.25) is 11.1 Å². The van der Waals surface area contributed by atoms with Crippen LogP contribution in [0.1, 0.15) is 0 Å². The Kier molecular flexibility index (Phi) is 6.96. The lowest BCUT2D eigenvalue weighted by atomic mass is 10.2. The minimum absolute atomic E-state index is 0.149. The van der Waals surface area contributed by atoms with Crippen molar-refractivity contribution < 1.29 is 4.79 Å². The minimum Gasteiger partial charge on any atom is -0.301 e. The molecule has 4 aromatic rings. The van der Waals surface area contributed by atoms with Crippen LogP contribution in [0.5, 0.6) is 0 Å². The van der Waals surface area contributed by atoms with Crippen LogP contribution in [-0.4, -0.2) is 31.4 Å². The number of hydrogen-bond donors (Lipinski definition) is 1. The molecule has 156 valence electrons. The molecule has 0 fully saturated rings. The molecule has 0 aliphatic heterocycles. The molecule has 6 nitrogen and oxygen atoms in total. The Morgan fingerprint density at radius 1 is 1.13 bits per heavy atom. The number of hydrogen-bond acceptors (Lipinski definition) is 6. The van der Waals surface area contributed by atoms with E-state index in [1.54, 1.807) is 10.8 Å². The number of halogens is 1. The predicted octanol–water partition coefficient (Wildman–Crippen LogP) is 5.75. The molecule has 2 aromatic carbocycles. The number of rotatable bonds is 8. The van der Waals surface area contributed by atoms with Gasteiger partial charge in [0.1, 0.15) is 0 Å². The van der Waals surface area contributed by atoms with Crippen molar-refractivity contribution in [1.29, 1.82) is 0 Å². The van der Waals surface area contributed by atoms with Crippen LogP contribution in [0.25, 0.3) is 22.6 Å². The average Bonchev–Trinajstić information content (AvgIpc) is 3.41. The van der Waals surface area contributed by atoms with Crippen molar-refractivity contribution in [3.8, 4) is 22.6 Å². The lowest BCUT2D eigenvalue weighted by Gasteiger charge is -2.02. The van der Waals surface area contributed by atoms with Gasteiger partial charge in [0.05, 0.1) is 18.0 Å². The zero-order chi connectivity index (χ0) is 21.6. The van der Waals surface area contributed by atoms with E-state index >= 15 is 0 Å². The number of carbonyl (C=O) groups is 1. The van der Waals surface area contributed by atoms with E-state index in [9.17, 15) is 4.79 Å². The summed E-state index contributed by atoms with van der Waals surface area (Å²) in [4.78, 5) is 21.5. The second kappa shape index (κ2) is 10.0. The van der Waals surface area contributed by atoms with Crippen LogP contribution >= 0.6 is 39.0 Å². The number of aromatic nitrogens is 4. The van der Waals surface area contributed by atoms with Gasteiger partial charge in [0.15, 0.2) is 11.0 Å². The van der Waals surface area contributed by atoms with Crippen molar-refractivity contribution in [2.45, 2.75) is 11.7 Å². The topological polar surface area (TPSA) is 72.7 Å². The van der Waals surface area contributed by atoms with Gasteiger partial charge in [-0.25, -0.2) is 14.6 Å². The highest BCUT2D eigenvalue weighted by atomic mass is 79.9. The van der Waals surface area contributed by atoms with Crippen molar-refractivity contribution in [2.75, 3.05) is 11.1 Å².